The lowest BCUT2D eigenvalue weighted by atomic mass is 10.1. The van der Waals surface area contributed by atoms with Gasteiger partial charge in [-0.2, -0.15) is 0 Å². The number of nitrogens with zero attached hydrogens (tertiary/aromatic N) is 2. The predicted octanol–water partition coefficient (Wildman–Crippen LogP) is 1.64. The lowest BCUT2D eigenvalue weighted by Gasteiger charge is -2.09. The van der Waals surface area contributed by atoms with Gasteiger partial charge in [-0.15, -0.1) is 0 Å². The SMILES string of the molecule is CCOC(=O)/C(N)=C/c1nc2ccccn2c1C(O)CC. The normalized spacial score (nSPS) is 13.4. The summed E-state index contributed by atoms with van der Waals surface area (Å²) in [7, 11) is 0. The molecule has 0 aromatic carbocycles. The molecule has 0 spiro atoms. The summed E-state index contributed by atoms with van der Waals surface area (Å²) >= 11 is 0. The minimum absolute atomic E-state index is 0.0372. The Morgan fingerprint density at radius 2 is 2.29 bits per heavy atom. The third-order valence-corrected chi connectivity index (χ3v) is 3.10. The van der Waals surface area contributed by atoms with Gasteiger partial charge >= 0.3 is 5.97 Å². The minimum atomic E-state index is -0.691. The third-order valence-electron chi connectivity index (χ3n) is 3.10. The molecule has 3 N–H and O–H groups in total. The van der Waals surface area contributed by atoms with E-state index in [0.717, 1.165) is 0 Å². The molecule has 1 unspecified atom stereocenters. The third kappa shape index (κ3) is 3.05. The van der Waals surface area contributed by atoms with E-state index in [-0.39, 0.29) is 12.3 Å². The second kappa shape index (κ2) is 6.41. The zero-order valence-electron chi connectivity index (χ0n) is 12.1. The van der Waals surface area contributed by atoms with E-state index in [0.29, 0.717) is 23.5 Å². The highest BCUT2D eigenvalue weighted by Crippen LogP contribution is 2.24. The molecule has 6 nitrogen and oxygen atoms in total. The van der Waals surface area contributed by atoms with Crippen molar-refractivity contribution in [3.05, 3.63) is 41.5 Å². The first-order valence-corrected chi connectivity index (χ1v) is 6.87. The summed E-state index contributed by atoms with van der Waals surface area (Å²) in [5.41, 5.74) is 7.45. The fraction of sp³-hybridized carbons (Fsp3) is 0.333. The molecule has 0 bridgehead atoms. The van der Waals surface area contributed by atoms with E-state index in [1.165, 1.54) is 6.08 Å². The first kappa shape index (κ1) is 15.1. The predicted molar refractivity (Wildman–Crippen MR) is 79.2 cm³/mol. The molecule has 112 valence electrons. The van der Waals surface area contributed by atoms with Gasteiger partial charge in [0.15, 0.2) is 0 Å². The van der Waals surface area contributed by atoms with Gasteiger partial charge in [0.2, 0.25) is 0 Å². The summed E-state index contributed by atoms with van der Waals surface area (Å²) in [4.78, 5) is 16.0. The zero-order chi connectivity index (χ0) is 15.4. The van der Waals surface area contributed by atoms with E-state index in [1.807, 2.05) is 31.3 Å². The molecule has 0 aliphatic rings. The number of carbonyl (C=O) groups is 1. The Bertz CT molecular complexity index is 676. The van der Waals surface area contributed by atoms with Gasteiger partial charge in [-0.1, -0.05) is 13.0 Å². The minimum Gasteiger partial charge on any atom is -0.461 e. The maximum Gasteiger partial charge on any atom is 0.354 e. The highest BCUT2D eigenvalue weighted by Gasteiger charge is 2.18. The van der Waals surface area contributed by atoms with Crippen LogP contribution in [0.3, 0.4) is 0 Å². The molecular weight excluding hydrogens is 270 g/mol. The number of aromatic nitrogens is 2. The van der Waals surface area contributed by atoms with Gasteiger partial charge in [-0.05, 0) is 31.6 Å². The number of rotatable bonds is 5. The van der Waals surface area contributed by atoms with E-state index in [9.17, 15) is 9.90 Å². The molecule has 1 atom stereocenters. The number of aliphatic hydroxyl groups excluding tert-OH is 1. The average Bonchev–Trinajstić information content (AvgIpc) is 2.84. The van der Waals surface area contributed by atoms with Gasteiger partial charge in [0, 0.05) is 6.20 Å². The Morgan fingerprint density at radius 1 is 1.52 bits per heavy atom. The van der Waals surface area contributed by atoms with Crippen LogP contribution < -0.4 is 5.73 Å². The largest absolute Gasteiger partial charge is 0.461 e. The summed E-state index contributed by atoms with van der Waals surface area (Å²) in [6.07, 6.45) is 3.10. The van der Waals surface area contributed by atoms with E-state index in [1.54, 1.807) is 11.3 Å². The standard InChI is InChI=1S/C15H19N3O3/c1-3-12(19)14-11(9-10(16)15(20)21-4-2)17-13-7-5-6-8-18(13)14/h5-9,12,19H,3-4,16H2,1-2H3/b10-9-. The van der Waals surface area contributed by atoms with Gasteiger partial charge in [-0.25, -0.2) is 9.78 Å². The van der Waals surface area contributed by atoms with E-state index in [2.05, 4.69) is 4.98 Å². The highest BCUT2D eigenvalue weighted by molar-refractivity contribution is 5.92. The molecule has 2 rings (SSSR count). The van der Waals surface area contributed by atoms with E-state index < -0.39 is 12.1 Å². The van der Waals surface area contributed by atoms with Gasteiger partial charge in [0.25, 0.3) is 0 Å². The molecule has 2 heterocycles. The number of imidazole rings is 1. The summed E-state index contributed by atoms with van der Waals surface area (Å²) in [5, 5.41) is 10.2. The Morgan fingerprint density at radius 3 is 2.95 bits per heavy atom. The Hall–Kier alpha value is -2.34. The van der Waals surface area contributed by atoms with Crippen LogP contribution in [0.1, 0.15) is 37.8 Å². The molecule has 0 saturated carbocycles. The van der Waals surface area contributed by atoms with Crippen molar-refractivity contribution in [1.82, 2.24) is 9.38 Å². The van der Waals surface area contributed by atoms with Gasteiger partial charge in [-0.3, -0.25) is 0 Å². The number of pyridine rings is 1. The first-order valence-electron chi connectivity index (χ1n) is 6.87. The molecule has 6 heteroatoms. The Kier molecular flexibility index (Phi) is 4.59. The monoisotopic (exact) mass is 289 g/mol. The van der Waals surface area contributed by atoms with Gasteiger partial charge in [0.1, 0.15) is 11.3 Å². The van der Waals surface area contributed by atoms with E-state index in [4.69, 9.17) is 10.5 Å². The number of hydrogen-bond acceptors (Lipinski definition) is 5. The maximum atomic E-state index is 11.6. The van der Waals surface area contributed by atoms with Crippen molar-refractivity contribution in [1.29, 1.82) is 0 Å². The molecule has 0 saturated heterocycles. The van der Waals surface area contributed by atoms with Crippen molar-refractivity contribution in [2.45, 2.75) is 26.4 Å². The average molecular weight is 289 g/mol. The smallest absolute Gasteiger partial charge is 0.354 e. The summed E-state index contributed by atoms with van der Waals surface area (Å²) in [5.74, 6) is -0.591. The maximum absolute atomic E-state index is 11.6. The van der Waals surface area contributed by atoms with Crippen LogP contribution in [0.15, 0.2) is 30.1 Å². The van der Waals surface area contributed by atoms with Crippen molar-refractivity contribution in [3.8, 4) is 0 Å². The number of carbonyl (C=O) groups excluding carboxylic acids is 1. The molecule has 0 aliphatic heterocycles. The topological polar surface area (TPSA) is 89.9 Å². The van der Waals surface area contributed by atoms with Crippen molar-refractivity contribution in [2.24, 2.45) is 5.73 Å². The highest BCUT2D eigenvalue weighted by atomic mass is 16.5. The number of ether oxygens (including phenoxy) is 1. The van der Waals surface area contributed by atoms with Crippen molar-refractivity contribution in [3.63, 3.8) is 0 Å². The van der Waals surface area contributed by atoms with Crippen molar-refractivity contribution < 1.29 is 14.6 Å². The van der Waals surface area contributed by atoms with Gasteiger partial charge < -0.3 is 20.0 Å². The number of esters is 1. The number of aliphatic hydroxyl groups is 1. The lowest BCUT2D eigenvalue weighted by molar-refractivity contribution is -0.138. The Balaban J connectivity index is 2.52. The summed E-state index contributed by atoms with van der Waals surface area (Å²) < 4.78 is 6.64. The molecular formula is C15H19N3O3. The number of fused-ring (bicyclic) bond motifs is 1. The molecule has 21 heavy (non-hydrogen) atoms. The van der Waals surface area contributed by atoms with Crippen molar-refractivity contribution >= 4 is 17.7 Å². The molecule has 0 fully saturated rings. The van der Waals surface area contributed by atoms with Crippen molar-refractivity contribution in [2.75, 3.05) is 6.61 Å². The van der Waals surface area contributed by atoms with Crippen LogP contribution in [0, 0.1) is 0 Å². The molecule has 2 aromatic rings. The molecule has 2 aromatic heterocycles. The second-order valence-electron chi connectivity index (χ2n) is 4.56. The van der Waals surface area contributed by atoms with Crippen LogP contribution in [-0.2, 0) is 9.53 Å². The fourth-order valence-electron chi connectivity index (χ4n) is 2.08. The van der Waals surface area contributed by atoms with Gasteiger partial charge in [0.05, 0.1) is 24.1 Å². The molecule has 0 radical (unpaired) electrons. The van der Waals surface area contributed by atoms with Crippen LogP contribution >= 0.6 is 0 Å². The number of hydrogen-bond donors (Lipinski definition) is 2. The Labute approximate surface area is 122 Å². The molecule has 0 amide bonds. The van der Waals surface area contributed by atoms with Crippen LogP contribution in [0.5, 0.6) is 0 Å². The summed E-state index contributed by atoms with van der Waals surface area (Å²) in [6.45, 7) is 3.83. The number of nitrogens with two attached hydrogens (primary N) is 1. The lowest BCUT2D eigenvalue weighted by Crippen LogP contribution is -2.14. The van der Waals surface area contributed by atoms with E-state index >= 15 is 0 Å². The van der Waals surface area contributed by atoms with Crippen LogP contribution in [0.4, 0.5) is 0 Å². The second-order valence-corrected chi connectivity index (χ2v) is 4.56. The summed E-state index contributed by atoms with van der Waals surface area (Å²) in [6, 6.07) is 5.53. The van der Waals surface area contributed by atoms with Crippen LogP contribution in [-0.4, -0.2) is 27.1 Å². The van der Waals surface area contributed by atoms with Crippen LogP contribution in [0.2, 0.25) is 0 Å². The van der Waals surface area contributed by atoms with Crippen LogP contribution in [0.25, 0.3) is 11.7 Å². The first-order chi connectivity index (χ1) is 10.1. The fourth-order valence-corrected chi connectivity index (χ4v) is 2.08. The zero-order valence-corrected chi connectivity index (χ0v) is 12.1. The quantitative estimate of drug-likeness (QED) is 0.645. The molecule has 0 aliphatic carbocycles.